The van der Waals surface area contributed by atoms with E-state index < -0.39 is 15.7 Å². The molecule has 0 aromatic heterocycles. The summed E-state index contributed by atoms with van der Waals surface area (Å²) in [5.41, 5.74) is 0.482. The smallest absolute Gasteiger partial charge is 0.253 e. The van der Waals surface area contributed by atoms with E-state index >= 15 is 0 Å². The van der Waals surface area contributed by atoms with Gasteiger partial charge in [0.2, 0.25) is 0 Å². The summed E-state index contributed by atoms with van der Waals surface area (Å²) in [4.78, 5) is 25.0. The second-order valence-corrected chi connectivity index (χ2v) is 11.4. The van der Waals surface area contributed by atoms with Gasteiger partial charge in [-0.25, -0.2) is 0 Å². The van der Waals surface area contributed by atoms with E-state index in [1.807, 2.05) is 0 Å². The highest BCUT2D eigenvalue weighted by Crippen LogP contribution is 2.73. The van der Waals surface area contributed by atoms with Crippen molar-refractivity contribution in [1.82, 2.24) is 5.32 Å². The number of aldehydes is 1. The average Bonchev–Trinajstić information content (AvgIpc) is 3.07. The monoisotopic (exact) mass is 557 g/mol. The second-order valence-electron chi connectivity index (χ2n) is 8.75. The van der Waals surface area contributed by atoms with Crippen LogP contribution in [0, 0.1) is 22.7 Å². The lowest BCUT2D eigenvalue weighted by molar-refractivity contribution is -0.112. The summed E-state index contributed by atoms with van der Waals surface area (Å²) in [6, 6.07) is 12.2. The van der Waals surface area contributed by atoms with Crippen molar-refractivity contribution >= 4 is 75.9 Å². The Morgan fingerprint density at radius 1 is 1.09 bits per heavy atom. The lowest BCUT2D eigenvalue weighted by Crippen LogP contribution is -2.33. The topological polar surface area (TPSA) is 82.0 Å². The molecule has 4 unspecified atom stereocenters. The Kier molecular flexibility index (Phi) is 7.29. The molecule has 2 aliphatic rings. The maximum Gasteiger partial charge on any atom is 0.253 e. The minimum atomic E-state index is -1.34. The van der Waals surface area contributed by atoms with Gasteiger partial charge in [-0.15, -0.1) is 0 Å². The van der Waals surface area contributed by atoms with Crippen LogP contribution in [0.5, 0.6) is 0 Å². The third-order valence-corrected chi connectivity index (χ3v) is 8.86. The number of nitrogens with one attached hydrogen (secondary N) is 2. The van der Waals surface area contributed by atoms with Crippen molar-refractivity contribution in [2.45, 2.75) is 35.6 Å². The Balaban J connectivity index is 1.48. The number of benzene rings is 2. The fourth-order valence-corrected chi connectivity index (χ4v) is 6.12. The van der Waals surface area contributed by atoms with E-state index in [9.17, 15) is 9.59 Å². The number of carbonyl (C=O) groups is 2. The molecule has 4 rings (SSSR count). The molecular formula is C24H20Cl5N3O2. The van der Waals surface area contributed by atoms with Crippen molar-refractivity contribution in [3.05, 3.63) is 62.6 Å². The second kappa shape index (κ2) is 9.76. The number of amides is 1. The molecule has 2 fully saturated rings. The summed E-state index contributed by atoms with van der Waals surface area (Å²) in [5.74, 6) is -0.846. The molecule has 0 spiro atoms. The van der Waals surface area contributed by atoms with Crippen LogP contribution in [0.4, 0.5) is 5.69 Å². The lowest BCUT2D eigenvalue weighted by Gasteiger charge is -2.16. The summed E-state index contributed by atoms with van der Waals surface area (Å²) in [6.45, 7) is 0.129. The zero-order chi connectivity index (χ0) is 24.7. The van der Waals surface area contributed by atoms with E-state index in [1.54, 1.807) is 36.4 Å². The van der Waals surface area contributed by atoms with Gasteiger partial charge in [0.25, 0.3) is 5.91 Å². The van der Waals surface area contributed by atoms with Crippen molar-refractivity contribution in [1.29, 1.82) is 5.26 Å². The molecule has 5 nitrogen and oxygen atoms in total. The maximum atomic E-state index is 12.8. The Labute approximate surface area is 222 Å². The normalized spacial score (nSPS) is 27.0. The molecule has 0 aliphatic heterocycles. The molecule has 178 valence electrons. The van der Waals surface area contributed by atoms with E-state index in [2.05, 4.69) is 16.7 Å². The third-order valence-electron chi connectivity index (χ3n) is 6.65. The molecule has 34 heavy (non-hydrogen) atoms. The lowest BCUT2D eigenvalue weighted by atomic mass is 10.00. The molecule has 1 amide bonds. The Hall–Kier alpha value is -1.68. The van der Waals surface area contributed by atoms with Gasteiger partial charge < -0.3 is 15.4 Å². The summed E-state index contributed by atoms with van der Waals surface area (Å²) >= 11 is 31.5. The van der Waals surface area contributed by atoms with Gasteiger partial charge >= 0.3 is 0 Å². The van der Waals surface area contributed by atoms with Crippen LogP contribution in [0.15, 0.2) is 36.4 Å². The first-order chi connectivity index (χ1) is 16.1. The molecule has 2 aromatic rings. The first-order valence-corrected chi connectivity index (χ1v) is 12.5. The quantitative estimate of drug-likeness (QED) is 0.294. The zero-order valence-electron chi connectivity index (χ0n) is 17.8. The van der Waals surface area contributed by atoms with Gasteiger partial charge in [0.15, 0.2) is 0 Å². The van der Waals surface area contributed by atoms with Gasteiger partial charge in [-0.05, 0) is 55.2 Å². The predicted octanol–water partition coefficient (Wildman–Crippen LogP) is 6.64. The molecule has 0 bridgehead atoms. The summed E-state index contributed by atoms with van der Waals surface area (Å²) < 4.78 is -1.34. The van der Waals surface area contributed by atoms with E-state index in [-0.39, 0.29) is 24.4 Å². The van der Waals surface area contributed by atoms with Gasteiger partial charge in [-0.3, -0.25) is 4.79 Å². The molecule has 2 N–H and O–H groups in total. The van der Waals surface area contributed by atoms with Gasteiger partial charge in [0, 0.05) is 30.1 Å². The van der Waals surface area contributed by atoms with Crippen LogP contribution in [0.2, 0.25) is 15.1 Å². The summed E-state index contributed by atoms with van der Waals surface area (Å²) in [7, 11) is 0. The first kappa shape index (κ1) is 25.4. The molecule has 0 heterocycles. The number of anilines is 1. The Morgan fingerprint density at radius 3 is 2.47 bits per heavy atom. The van der Waals surface area contributed by atoms with Crippen molar-refractivity contribution < 1.29 is 9.59 Å². The SMILES string of the molecule is N#CC1CCC(NC(=O)c2cc(NCC3(C=O)C(c4ccc(Cl)c(Cl)c4)C3(Cl)Cl)ccc2Cl)C1. The predicted molar refractivity (Wildman–Crippen MR) is 136 cm³/mol. The fraction of sp³-hybridized carbons (Fsp3) is 0.375. The Bertz CT molecular complexity index is 1180. The molecular weight excluding hydrogens is 540 g/mol. The van der Waals surface area contributed by atoms with Crippen molar-refractivity contribution in [3.63, 3.8) is 0 Å². The largest absolute Gasteiger partial charge is 0.384 e. The van der Waals surface area contributed by atoms with Crippen LogP contribution in [0.3, 0.4) is 0 Å². The maximum absolute atomic E-state index is 12.8. The molecule has 4 atom stereocenters. The minimum absolute atomic E-state index is 0.0401. The van der Waals surface area contributed by atoms with Gasteiger partial charge in [-0.2, -0.15) is 5.26 Å². The van der Waals surface area contributed by atoms with Crippen LogP contribution in [0.25, 0.3) is 0 Å². The van der Waals surface area contributed by atoms with Crippen LogP contribution in [0.1, 0.15) is 41.1 Å². The molecule has 0 radical (unpaired) electrons. The van der Waals surface area contributed by atoms with Crippen molar-refractivity contribution in [2.24, 2.45) is 11.3 Å². The number of nitriles is 1. The summed E-state index contributed by atoms with van der Waals surface area (Å²) in [5, 5.41) is 16.2. The number of halogens is 5. The summed E-state index contributed by atoms with van der Waals surface area (Å²) in [6.07, 6.45) is 2.90. The van der Waals surface area contributed by atoms with Crippen molar-refractivity contribution in [2.75, 3.05) is 11.9 Å². The van der Waals surface area contributed by atoms with E-state index in [1.165, 1.54) is 0 Å². The average molecular weight is 560 g/mol. The molecule has 10 heteroatoms. The Morgan fingerprint density at radius 2 is 1.82 bits per heavy atom. The molecule has 2 aromatic carbocycles. The van der Waals surface area contributed by atoms with Crippen LogP contribution >= 0.6 is 58.0 Å². The van der Waals surface area contributed by atoms with Crippen LogP contribution in [-0.2, 0) is 4.79 Å². The number of hydrogen-bond acceptors (Lipinski definition) is 4. The van der Waals surface area contributed by atoms with Crippen molar-refractivity contribution in [3.8, 4) is 6.07 Å². The van der Waals surface area contributed by atoms with Crippen LogP contribution in [-0.4, -0.2) is 29.1 Å². The van der Waals surface area contributed by atoms with E-state index in [4.69, 9.17) is 63.3 Å². The molecule has 2 saturated carbocycles. The minimum Gasteiger partial charge on any atom is -0.384 e. The highest BCUT2D eigenvalue weighted by atomic mass is 35.5. The van der Waals surface area contributed by atoms with Gasteiger partial charge in [0.1, 0.15) is 10.6 Å². The molecule has 0 saturated heterocycles. The van der Waals surface area contributed by atoms with E-state index in [0.717, 1.165) is 19.1 Å². The number of nitrogens with zero attached hydrogens (tertiary/aromatic N) is 1. The number of rotatable bonds is 7. The number of hydrogen-bond donors (Lipinski definition) is 2. The fourth-order valence-electron chi connectivity index (χ4n) is 4.63. The zero-order valence-corrected chi connectivity index (χ0v) is 21.5. The van der Waals surface area contributed by atoms with E-state index in [0.29, 0.717) is 38.3 Å². The van der Waals surface area contributed by atoms with Gasteiger partial charge in [-0.1, -0.05) is 64.1 Å². The standard InChI is InChI=1S/C24H20Cl5N3O2/c25-18-6-4-15(9-17(18)22(34)32-16-3-1-13(7-16)10-30)31-11-23(12-33)21(24(23,28)29)14-2-5-19(26)20(27)8-14/h2,4-6,8-9,12-13,16,21,31H,1,3,7,11H2,(H,32,34). The van der Waals surface area contributed by atoms with Gasteiger partial charge in [0.05, 0.1) is 32.1 Å². The first-order valence-electron chi connectivity index (χ1n) is 10.7. The third kappa shape index (κ3) is 4.59. The number of alkyl halides is 2. The highest BCUT2D eigenvalue weighted by Gasteiger charge is 2.76. The van der Waals surface area contributed by atoms with Crippen LogP contribution < -0.4 is 10.6 Å². The highest BCUT2D eigenvalue weighted by molar-refractivity contribution is 6.54. The molecule has 2 aliphatic carbocycles. The number of carbonyl (C=O) groups excluding carboxylic acids is 2.